The quantitative estimate of drug-likeness (QED) is 0.651. The maximum absolute atomic E-state index is 13.7. The van der Waals surface area contributed by atoms with Gasteiger partial charge in [0.05, 0.1) is 25.7 Å². The minimum absolute atomic E-state index is 0.0697. The van der Waals surface area contributed by atoms with E-state index in [2.05, 4.69) is 5.32 Å². The average molecular weight is 438 g/mol. The average Bonchev–Trinajstić information content (AvgIpc) is 3.52. The third-order valence-corrected chi connectivity index (χ3v) is 7.57. The van der Waals surface area contributed by atoms with Gasteiger partial charge in [-0.25, -0.2) is 0 Å². The third-order valence-electron chi connectivity index (χ3n) is 6.71. The van der Waals surface area contributed by atoms with Crippen molar-refractivity contribution >= 4 is 34.1 Å². The summed E-state index contributed by atoms with van der Waals surface area (Å²) in [7, 11) is 1.63. The van der Waals surface area contributed by atoms with E-state index >= 15 is 0 Å². The van der Waals surface area contributed by atoms with Crippen molar-refractivity contribution < 1.29 is 14.3 Å². The van der Waals surface area contributed by atoms with E-state index in [-0.39, 0.29) is 17.9 Å². The normalized spacial score (nSPS) is 21.5. The minimum atomic E-state index is -0.980. The lowest BCUT2D eigenvalue weighted by Crippen LogP contribution is -2.64. The second kappa shape index (κ2) is 7.71. The second-order valence-corrected chi connectivity index (χ2v) is 9.77. The van der Waals surface area contributed by atoms with Crippen LogP contribution in [0.4, 0.5) is 0 Å². The van der Waals surface area contributed by atoms with Crippen LogP contribution in [0.2, 0.25) is 0 Å². The van der Waals surface area contributed by atoms with Gasteiger partial charge in [-0.2, -0.15) is 0 Å². The summed E-state index contributed by atoms with van der Waals surface area (Å²) >= 11 is 1.61. The molecule has 0 bridgehead atoms. The summed E-state index contributed by atoms with van der Waals surface area (Å²) < 4.78 is 7.39. The number of rotatable bonds is 5. The smallest absolute Gasteiger partial charge is 0.271 e. The van der Waals surface area contributed by atoms with Crippen molar-refractivity contribution in [3.8, 4) is 5.75 Å². The zero-order chi connectivity index (χ0) is 21.6. The molecule has 1 aliphatic carbocycles. The summed E-state index contributed by atoms with van der Waals surface area (Å²) in [6, 6.07) is 11.9. The molecule has 2 aromatic heterocycles. The molecule has 6 nitrogen and oxygen atoms in total. The van der Waals surface area contributed by atoms with Crippen molar-refractivity contribution in [3.63, 3.8) is 0 Å². The first kappa shape index (κ1) is 20.1. The van der Waals surface area contributed by atoms with Crippen molar-refractivity contribution in [3.05, 3.63) is 52.3 Å². The van der Waals surface area contributed by atoms with Gasteiger partial charge in [0.1, 0.15) is 17.0 Å². The molecule has 0 unspecified atom stereocenters. The van der Waals surface area contributed by atoms with Crippen molar-refractivity contribution in [2.75, 3.05) is 7.11 Å². The van der Waals surface area contributed by atoms with E-state index in [1.54, 1.807) is 23.3 Å². The van der Waals surface area contributed by atoms with Crippen molar-refractivity contribution in [1.29, 1.82) is 0 Å². The molecule has 0 spiro atoms. The Hall–Kier alpha value is -2.80. The van der Waals surface area contributed by atoms with Crippen LogP contribution in [-0.4, -0.2) is 40.0 Å². The van der Waals surface area contributed by atoms with Gasteiger partial charge in [0.15, 0.2) is 0 Å². The summed E-state index contributed by atoms with van der Waals surface area (Å²) in [6.45, 7) is 2.74. The standard InChI is InChI=1S/C24H27N3O3S/c1-24(23(29)25-17-6-3-4-7-17)15-26-20-13-18(30-2)10-9-16(20)12-21(26)22(28)27(24)14-19-8-5-11-31-19/h5,8-13,17H,3-4,6-7,14-15H2,1-2H3,(H,25,29)/t24-/m1/s1. The van der Waals surface area contributed by atoms with Gasteiger partial charge in [0.2, 0.25) is 5.91 Å². The molecule has 1 fully saturated rings. The number of amides is 2. The highest BCUT2D eigenvalue weighted by Gasteiger charge is 2.48. The van der Waals surface area contributed by atoms with Gasteiger partial charge in [-0.05, 0) is 49.4 Å². The number of hydrogen-bond donors (Lipinski definition) is 1. The molecule has 2 amide bonds. The monoisotopic (exact) mass is 437 g/mol. The number of methoxy groups -OCH3 is 1. The van der Waals surface area contributed by atoms with Crippen LogP contribution in [-0.2, 0) is 17.9 Å². The van der Waals surface area contributed by atoms with Gasteiger partial charge in [-0.1, -0.05) is 18.9 Å². The Labute approximate surface area is 185 Å². The zero-order valence-electron chi connectivity index (χ0n) is 17.9. The lowest BCUT2D eigenvalue weighted by molar-refractivity contribution is -0.133. The number of ether oxygens (including phenoxy) is 1. The number of fused-ring (bicyclic) bond motifs is 3. The summed E-state index contributed by atoms with van der Waals surface area (Å²) in [5.74, 6) is 0.553. The largest absolute Gasteiger partial charge is 0.497 e. The molecule has 1 N–H and O–H groups in total. The summed E-state index contributed by atoms with van der Waals surface area (Å²) in [5.41, 5.74) is 0.551. The Morgan fingerprint density at radius 1 is 1.26 bits per heavy atom. The topological polar surface area (TPSA) is 63.6 Å². The minimum Gasteiger partial charge on any atom is -0.497 e. The van der Waals surface area contributed by atoms with Crippen LogP contribution >= 0.6 is 11.3 Å². The number of benzene rings is 1. The molecular formula is C24H27N3O3S. The summed E-state index contributed by atoms with van der Waals surface area (Å²) in [5, 5.41) is 6.22. The molecule has 5 rings (SSSR count). The highest BCUT2D eigenvalue weighted by Crippen LogP contribution is 2.35. The SMILES string of the molecule is COc1ccc2cc3n(c2c1)C[C@](C)(C(=O)NC1CCCC1)N(Cc1cccs1)C3=O. The summed E-state index contributed by atoms with van der Waals surface area (Å²) in [6.07, 6.45) is 4.31. The Kier molecular flexibility index (Phi) is 5.01. The predicted octanol–water partition coefficient (Wildman–Crippen LogP) is 4.18. The molecule has 3 heterocycles. The van der Waals surface area contributed by atoms with E-state index in [9.17, 15) is 9.59 Å². The Balaban J connectivity index is 1.58. The number of nitrogens with zero attached hydrogens (tertiary/aromatic N) is 2. The van der Waals surface area contributed by atoms with Crippen LogP contribution in [0.25, 0.3) is 10.9 Å². The lowest BCUT2D eigenvalue weighted by atomic mass is 9.94. The first-order valence-electron chi connectivity index (χ1n) is 10.8. The number of nitrogens with one attached hydrogen (secondary N) is 1. The molecule has 31 heavy (non-hydrogen) atoms. The van der Waals surface area contributed by atoms with Crippen LogP contribution in [0, 0.1) is 0 Å². The maximum atomic E-state index is 13.7. The number of hydrogen-bond acceptors (Lipinski definition) is 4. The molecule has 162 valence electrons. The fourth-order valence-electron chi connectivity index (χ4n) is 4.87. The Bertz CT molecular complexity index is 1130. The molecule has 7 heteroatoms. The molecule has 1 aliphatic heterocycles. The highest BCUT2D eigenvalue weighted by atomic mass is 32.1. The third kappa shape index (κ3) is 3.41. The van der Waals surface area contributed by atoms with Crippen LogP contribution in [0.1, 0.15) is 48.0 Å². The van der Waals surface area contributed by atoms with Crippen molar-refractivity contribution in [1.82, 2.24) is 14.8 Å². The van der Waals surface area contributed by atoms with Crippen molar-refractivity contribution in [2.45, 2.75) is 57.3 Å². The van der Waals surface area contributed by atoms with Gasteiger partial charge in [0, 0.05) is 22.4 Å². The van der Waals surface area contributed by atoms with E-state index in [1.165, 1.54) is 0 Å². The van der Waals surface area contributed by atoms with Crippen molar-refractivity contribution in [2.24, 2.45) is 0 Å². The van der Waals surface area contributed by atoms with Gasteiger partial charge in [-0.15, -0.1) is 11.3 Å². The maximum Gasteiger partial charge on any atom is 0.271 e. The predicted molar refractivity (Wildman–Crippen MR) is 121 cm³/mol. The van der Waals surface area contributed by atoms with Crippen LogP contribution < -0.4 is 10.1 Å². The Morgan fingerprint density at radius 3 is 2.77 bits per heavy atom. The van der Waals surface area contributed by atoms with E-state index in [0.29, 0.717) is 18.8 Å². The van der Waals surface area contributed by atoms with E-state index in [0.717, 1.165) is 47.2 Å². The molecule has 3 aromatic rings. The number of carbonyl (C=O) groups excluding carboxylic acids is 2. The molecule has 1 saturated carbocycles. The lowest BCUT2D eigenvalue weighted by Gasteiger charge is -2.44. The molecule has 2 aliphatic rings. The van der Waals surface area contributed by atoms with Gasteiger partial charge in [-0.3, -0.25) is 9.59 Å². The summed E-state index contributed by atoms with van der Waals surface area (Å²) in [4.78, 5) is 30.2. The molecule has 0 saturated heterocycles. The Morgan fingerprint density at radius 2 is 2.06 bits per heavy atom. The van der Waals surface area contributed by atoms with Gasteiger partial charge < -0.3 is 19.5 Å². The van der Waals surface area contributed by atoms with E-state index in [4.69, 9.17) is 4.74 Å². The second-order valence-electron chi connectivity index (χ2n) is 8.74. The number of thiophene rings is 1. The van der Waals surface area contributed by atoms with Gasteiger partial charge >= 0.3 is 0 Å². The van der Waals surface area contributed by atoms with Crippen LogP contribution in [0.15, 0.2) is 41.8 Å². The zero-order valence-corrected chi connectivity index (χ0v) is 18.7. The first-order chi connectivity index (χ1) is 15.0. The van der Waals surface area contributed by atoms with Gasteiger partial charge in [0.25, 0.3) is 5.91 Å². The highest BCUT2D eigenvalue weighted by molar-refractivity contribution is 7.09. The molecule has 0 radical (unpaired) electrons. The van der Waals surface area contributed by atoms with E-state index in [1.807, 2.05) is 53.3 Å². The fraction of sp³-hybridized carbons (Fsp3) is 0.417. The number of aromatic nitrogens is 1. The van der Waals surface area contributed by atoms with Crippen LogP contribution in [0.5, 0.6) is 5.75 Å². The first-order valence-corrected chi connectivity index (χ1v) is 11.7. The van der Waals surface area contributed by atoms with E-state index < -0.39 is 5.54 Å². The molecule has 1 aromatic carbocycles. The number of carbonyl (C=O) groups is 2. The van der Waals surface area contributed by atoms with Crippen LogP contribution in [0.3, 0.4) is 0 Å². The molecular weight excluding hydrogens is 410 g/mol. The molecule has 1 atom stereocenters. The fourth-order valence-corrected chi connectivity index (χ4v) is 5.57.